The Morgan fingerprint density at radius 1 is 1.30 bits per heavy atom. The van der Waals surface area contributed by atoms with E-state index in [9.17, 15) is 9.59 Å². The zero-order valence-electron chi connectivity index (χ0n) is 11.9. The summed E-state index contributed by atoms with van der Waals surface area (Å²) in [7, 11) is 3.11. The Bertz CT molecular complexity index is 445. The molecule has 1 rings (SSSR count). The number of benzene rings is 1. The Hall–Kier alpha value is -1.92. The third-order valence-corrected chi connectivity index (χ3v) is 2.82. The van der Waals surface area contributed by atoms with Crippen LogP contribution in [-0.4, -0.2) is 44.0 Å². The predicted molar refractivity (Wildman–Crippen MR) is 77.1 cm³/mol. The molecule has 3 N–H and O–H groups in total. The van der Waals surface area contributed by atoms with Crippen molar-refractivity contribution in [2.24, 2.45) is 5.73 Å². The number of amides is 1. The second-order valence-electron chi connectivity index (χ2n) is 4.51. The lowest BCUT2D eigenvalue weighted by Crippen LogP contribution is -2.29. The van der Waals surface area contributed by atoms with Gasteiger partial charge >= 0.3 is 5.97 Å². The number of anilines is 1. The van der Waals surface area contributed by atoms with Crippen molar-refractivity contribution in [3.8, 4) is 0 Å². The van der Waals surface area contributed by atoms with E-state index in [-0.39, 0.29) is 18.4 Å². The standard InChI is InChI=1S/C14H21N3O3/c1-17(10-14(19)20-2)8-7-13(18)16-12-5-3-11(9-15)4-6-12/h3-6H,7-10,15H2,1-2H3,(H,16,18). The molecule has 0 bridgehead atoms. The van der Waals surface area contributed by atoms with Crippen LogP contribution in [0, 0.1) is 0 Å². The lowest BCUT2D eigenvalue weighted by Gasteiger charge is -2.14. The lowest BCUT2D eigenvalue weighted by atomic mass is 10.2. The summed E-state index contributed by atoms with van der Waals surface area (Å²) in [5.74, 6) is -0.410. The van der Waals surface area contributed by atoms with E-state index < -0.39 is 0 Å². The molecule has 0 aliphatic rings. The number of rotatable bonds is 7. The summed E-state index contributed by atoms with van der Waals surface area (Å²) >= 11 is 0. The van der Waals surface area contributed by atoms with Gasteiger partial charge < -0.3 is 15.8 Å². The molecule has 0 aliphatic carbocycles. The first-order valence-corrected chi connectivity index (χ1v) is 6.39. The largest absolute Gasteiger partial charge is 0.468 e. The van der Waals surface area contributed by atoms with E-state index in [1.54, 1.807) is 11.9 Å². The minimum Gasteiger partial charge on any atom is -0.468 e. The van der Waals surface area contributed by atoms with Gasteiger partial charge in [-0.3, -0.25) is 14.5 Å². The number of ether oxygens (including phenoxy) is 1. The van der Waals surface area contributed by atoms with Crippen molar-refractivity contribution in [3.05, 3.63) is 29.8 Å². The molecule has 1 aromatic rings. The number of carbonyl (C=O) groups excluding carboxylic acids is 2. The second kappa shape index (κ2) is 8.29. The predicted octanol–water partition coefficient (Wildman–Crippen LogP) is 0.579. The molecule has 0 spiro atoms. The number of nitrogens with one attached hydrogen (secondary N) is 1. The monoisotopic (exact) mass is 279 g/mol. The van der Waals surface area contributed by atoms with Crippen LogP contribution < -0.4 is 11.1 Å². The maximum Gasteiger partial charge on any atom is 0.319 e. The van der Waals surface area contributed by atoms with Crippen molar-refractivity contribution < 1.29 is 14.3 Å². The fourth-order valence-electron chi connectivity index (χ4n) is 1.60. The summed E-state index contributed by atoms with van der Waals surface area (Å²) in [6.45, 7) is 1.14. The number of hydrogen-bond acceptors (Lipinski definition) is 5. The quantitative estimate of drug-likeness (QED) is 0.713. The van der Waals surface area contributed by atoms with Crippen LogP contribution in [0.2, 0.25) is 0 Å². The van der Waals surface area contributed by atoms with Crippen LogP contribution in [0.5, 0.6) is 0 Å². The van der Waals surface area contributed by atoms with E-state index in [4.69, 9.17) is 5.73 Å². The molecule has 0 aliphatic heterocycles. The molecule has 1 amide bonds. The minimum absolute atomic E-state index is 0.0952. The van der Waals surface area contributed by atoms with E-state index in [0.29, 0.717) is 19.5 Å². The van der Waals surface area contributed by atoms with Gasteiger partial charge in [-0.2, -0.15) is 0 Å². The van der Waals surface area contributed by atoms with Gasteiger partial charge in [0.2, 0.25) is 5.91 Å². The van der Waals surface area contributed by atoms with Gasteiger partial charge in [-0.15, -0.1) is 0 Å². The van der Waals surface area contributed by atoms with Crippen LogP contribution >= 0.6 is 0 Å². The molecule has 0 fully saturated rings. The van der Waals surface area contributed by atoms with Gasteiger partial charge in [0, 0.05) is 25.2 Å². The van der Waals surface area contributed by atoms with Crippen molar-refractivity contribution in [1.82, 2.24) is 4.90 Å². The van der Waals surface area contributed by atoms with E-state index in [0.717, 1.165) is 11.3 Å². The Morgan fingerprint density at radius 2 is 1.95 bits per heavy atom. The van der Waals surface area contributed by atoms with Crippen molar-refractivity contribution in [2.45, 2.75) is 13.0 Å². The van der Waals surface area contributed by atoms with Crippen LogP contribution in [0.4, 0.5) is 5.69 Å². The summed E-state index contributed by atoms with van der Waals surface area (Å²) in [6.07, 6.45) is 0.312. The van der Waals surface area contributed by atoms with Crippen molar-refractivity contribution in [3.63, 3.8) is 0 Å². The Balaban J connectivity index is 2.34. The molecule has 0 heterocycles. The van der Waals surface area contributed by atoms with Gasteiger partial charge in [-0.1, -0.05) is 12.1 Å². The van der Waals surface area contributed by atoms with Crippen LogP contribution in [0.1, 0.15) is 12.0 Å². The first kappa shape index (κ1) is 16.1. The maximum absolute atomic E-state index is 11.7. The molecule has 1 aromatic carbocycles. The fourth-order valence-corrected chi connectivity index (χ4v) is 1.60. The van der Waals surface area contributed by atoms with E-state index in [1.165, 1.54) is 7.11 Å². The number of methoxy groups -OCH3 is 1. The fraction of sp³-hybridized carbons (Fsp3) is 0.429. The molecule has 20 heavy (non-hydrogen) atoms. The van der Waals surface area contributed by atoms with Crippen LogP contribution in [0.3, 0.4) is 0 Å². The maximum atomic E-state index is 11.7. The molecule has 0 saturated carbocycles. The van der Waals surface area contributed by atoms with Crippen LogP contribution in [0.25, 0.3) is 0 Å². The zero-order valence-corrected chi connectivity index (χ0v) is 11.9. The van der Waals surface area contributed by atoms with Gasteiger partial charge in [0.25, 0.3) is 0 Å². The lowest BCUT2D eigenvalue weighted by molar-refractivity contribution is -0.141. The Morgan fingerprint density at radius 3 is 2.50 bits per heavy atom. The summed E-state index contributed by atoms with van der Waals surface area (Å²) in [5.41, 5.74) is 7.26. The first-order chi connectivity index (χ1) is 9.55. The van der Waals surface area contributed by atoms with E-state index >= 15 is 0 Å². The van der Waals surface area contributed by atoms with E-state index in [1.807, 2.05) is 24.3 Å². The SMILES string of the molecule is COC(=O)CN(C)CCC(=O)Nc1ccc(CN)cc1. The summed E-state index contributed by atoms with van der Waals surface area (Å²) in [5, 5.41) is 2.79. The summed E-state index contributed by atoms with van der Waals surface area (Å²) in [6, 6.07) is 7.38. The number of likely N-dealkylation sites (N-methyl/N-ethyl adjacent to an activating group) is 1. The van der Waals surface area contributed by atoms with Crippen LogP contribution in [0.15, 0.2) is 24.3 Å². The number of esters is 1. The van der Waals surface area contributed by atoms with Crippen molar-refractivity contribution in [2.75, 3.05) is 32.6 Å². The first-order valence-electron chi connectivity index (χ1n) is 6.39. The highest BCUT2D eigenvalue weighted by Crippen LogP contribution is 2.09. The topological polar surface area (TPSA) is 84.7 Å². The normalized spacial score (nSPS) is 10.4. The highest BCUT2D eigenvalue weighted by molar-refractivity contribution is 5.90. The van der Waals surface area contributed by atoms with Crippen molar-refractivity contribution >= 4 is 17.6 Å². The zero-order chi connectivity index (χ0) is 15.0. The molecule has 0 unspecified atom stereocenters. The minimum atomic E-state index is -0.315. The smallest absolute Gasteiger partial charge is 0.319 e. The van der Waals surface area contributed by atoms with Gasteiger partial charge in [0.15, 0.2) is 0 Å². The highest BCUT2D eigenvalue weighted by Gasteiger charge is 2.08. The van der Waals surface area contributed by atoms with Gasteiger partial charge in [-0.05, 0) is 24.7 Å². The van der Waals surface area contributed by atoms with Gasteiger partial charge in [0.1, 0.15) is 0 Å². The number of nitrogens with two attached hydrogens (primary N) is 1. The molecule has 6 nitrogen and oxygen atoms in total. The molecule has 0 aromatic heterocycles. The van der Waals surface area contributed by atoms with Gasteiger partial charge in [-0.25, -0.2) is 0 Å². The second-order valence-corrected chi connectivity index (χ2v) is 4.51. The molecular weight excluding hydrogens is 258 g/mol. The Labute approximate surface area is 118 Å². The third-order valence-electron chi connectivity index (χ3n) is 2.82. The summed E-state index contributed by atoms with van der Waals surface area (Å²) in [4.78, 5) is 24.5. The third kappa shape index (κ3) is 5.81. The molecule has 110 valence electrons. The van der Waals surface area contributed by atoms with Crippen LogP contribution in [-0.2, 0) is 20.9 Å². The number of nitrogens with zero attached hydrogens (tertiary/aromatic N) is 1. The Kier molecular flexibility index (Phi) is 6.69. The average Bonchev–Trinajstić information content (AvgIpc) is 2.45. The molecule has 0 radical (unpaired) electrons. The molecule has 0 atom stereocenters. The summed E-state index contributed by atoms with van der Waals surface area (Å²) < 4.78 is 4.55. The van der Waals surface area contributed by atoms with Gasteiger partial charge in [0.05, 0.1) is 13.7 Å². The highest BCUT2D eigenvalue weighted by atomic mass is 16.5. The number of hydrogen-bond donors (Lipinski definition) is 2. The van der Waals surface area contributed by atoms with E-state index in [2.05, 4.69) is 10.1 Å². The number of carbonyl (C=O) groups is 2. The molecular formula is C14H21N3O3. The molecule has 0 saturated heterocycles. The molecule has 6 heteroatoms. The van der Waals surface area contributed by atoms with Crippen molar-refractivity contribution in [1.29, 1.82) is 0 Å². The average molecular weight is 279 g/mol.